The van der Waals surface area contributed by atoms with Gasteiger partial charge in [-0.1, -0.05) is 0 Å². The molecule has 174 valence electrons. The molecule has 1 fully saturated rings. The van der Waals surface area contributed by atoms with Crippen molar-refractivity contribution >= 4 is 5.91 Å². The molecule has 0 radical (unpaired) electrons. The van der Waals surface area contributed by atoms with E-state index in [0.717, 1.165) is 12.5 Å². The Hall–Kier alpha value is -2.60. The number of carbonyl (C=O) groups excluding carboxylic acids is 1. The lowest BCUT2D eigenvalue weighted by atomic mass is 9.99. The van der Waals surface area contributed by atoms with Gasteiger partial charge in [0.05, 0.1) is 25.5 Å². The zero-order valence-electron chi connectivity index (χ0n) is 17.6. The zero-order chi connectivity index (χ0) is 23.0. The normalized spacial score (nSPS) is 28.5. The fraction of sp³-hybridized carbons (Fsp3) is 0.524. The summed E-state index contributed by atoms with van der Waals surface area (Å²) in [6.45, 7) is 2.44. The Morgan fingerprint density at radius 1 is 1.44 bits per heavy atom. The van der Waals surface area contributed by atoms with E-state index in [1.54, 1.807) is 0 Å². The van der Waals surface area contributed by atoms with Gasteiger partial charge in [-0.05, 0) is 25.8 Å². The highest BCUT2D eigenvalue weighted by Gasteiger charge is 2.42. The first-order valence-corrected chi connectivity index (χ1v) is 10.4. The van der Waals surface area contributed by atoms with Gasteiger partial charge in [-0.3, -0.25) is 15.3 Å². The van der Waals surface area contributed by atoms with Crippen molar-refractivity contribution in [1.82, 2.24) is 14.8 Å². The number of carbonyl (C=O) groups is 1. The molecular weight excluding hydrogens is 426 g/mol. The van der Waals surface area contributed by atoms with Gasteiger partial charge < -0.3 is 24.5 Å². The predicted octanol–water partition coefficient (Wildman–Crippen LogP) is 1.22. The molecule has 1 unspecified atom stereocenters. The maximum Gasteiger partial charge on any atom is 0.256 e. The number of hydrogen-bond acceptors (Lipinski definition) is 7. The van der Waals surface area contributed by atoms with Crippen LogP contribution in [-0.4, -0.2) is 52.3 Å². The lowest BCUT2D eigenvalue weighted by molar-refractivity contribution is -0.241. The minimum Gasteiger partial charge on any atom is -0.503 e. The Morgan fingerprint density at radius 2 is 2.22 bits per heavy atom. The standard InChI is InChI=1S/C21H26F2N4O5/c1-12-4-5-32-21(24)10-26-8-15(18(28)19(29)17(26)9-31-11-27(12)21)20(30)25-7-13-2-3-14(22)6-16(13)23/h3,6,8,12-13,29H,2,4-5,7,9-11,24H2,1H3,(H,25,30)/t12-,13?,21-/m1/s1. The van der Waals surface area contributed by atoms with Gasteiger partial charge >= 0.3 is 0 Å². The number of nitrogens with two attached hydrogens (primary N) is 1. The molecule has 0 spiro atoms. The largest absolute Gasteiger partial charge is 0.503 e. The SMILES string of the molecule is C[C@@H]1CCO[C@@]2(N)Cn3cc(C(=O)NCC4CC=C(F)C=C4F)c(=O)c(O)c3COCN12. The third-order valence-electron chi connectivity index (χ3n) is 6.15. The highest BCUT2D eigenvalue weighted by atomic mass is 19.1. The Balaban J connectivity index is 1.59. The number of allylic oxidation sites excluding steroid dienone is 3. The number of rotatable bonds is 3. The minimum atomic E-state index is -1.26. The van der Waals surface area contributed by atoms with E-state index in [1.165, 1.54) is 16.8 Å². The molecule has 1 aromatic rings. The van der Waals surface area contributed by atoms with Crippen LogP contribution in [0.4, 0.5) is 8.78 Å². The van der Waals surface area contributed by atoms with Crippen molar-refractivity contribution in [2.45, 2.75) is 44.8 Å². The molecule has 1 saturated heterocycles. The van der Waals surface area contributed by atoms with Crippen molar-refractivity contribution in [1.29, 1.82) is 0 Å². The van der Waals surface area contributed by atoms with Crippen molar-refractivity contribution in [3.63, 3.8) is 0 Å². The Bertz CT molecular complexity index is 1040. The molecular formula is C21H26F2N4O5. The van der Waals surface area contributed by atoms with Gasteiger partial charge in [0.25, 0.3) is 5.91 Å². The number of ether oxygens (including phenoxy) is 2. The summed E-state index contributed by atoms with van der Waals surface area (Å²) >= 11 is 0. The van der Waals surface area contributed by atoms with E-state index in [0.29, 0.717) is 6.61 Å². The predicted molar refractivity (Wildman–Crippen MR) is 110 cm³/mol. The van der Waals surface area contributed by atoms with E-state index in [4.69, 9.17) is 15.2 Å². The summed E-state index contributed by atoms with van der Waals surface area (Å²) in [5.41, 5.74) is 5.48. The molecule has 11 heteroatoms. The van der Waals surface area contributed by atoms with Gasteiger partial charge in [0.1, 0.15) is 23.9 Å². The maximum absolute atomic E-state index is 13.9. The first kappa shape index (κ1) is 22.6. The molecule has 4 N–H and O–H groups in total. The molecule has 3 atom stereocenters. The van der Waals surface area contributed by atoms with Crippen LogP contribution in [0.5, 0.6) is 5.75 Å². The van der Waals surface area contributed by atoms with Crippen molar-refractivity contribution in [3.8, 4) is 5.75 Å². The number of nitrogens with one attached hydrogen (secondary N) is 1. The number of hydrogen-bond donors (Lipinski definition) is 3. The molecule has 0 aromatic carbocycles. The van der Waals surface area contributed by atoms with Crippen LogP contribution in [0.1, 0.15) is 35.8 Å². The number of pyridine rings is 1. The van der Waals surface area contributed by atoms with Crippen molar-refractivity contribution in [2.75, 3.05) is 19.9 Å². The smallest absolute Gasteiger partial charge is 0.256 e. The summed E-state index contributed by atoms with van der Waals surface area (Å²) in [6.07, 6.45) is 4.14. The Labute approximate surface area is 183 Å². The number of nitrogens with zero attached hydrogens (tertiary/aromatic N) is 2. The number of aromatic hydroxyl groups is 1. The summed E-state index contributed by atoms with van der Waals surface area (Å²) in [6, 6.07) is 0.0865. The van der Waals surface area contributed by atoms with Crippen LogP contribution in [0.2, 0.25) is 0 Å². The van der Waals surface area contributed by atoms with Crippen molar-refractivity contribution < 1.29 is 28.2 Å². The van der Waals surface area contributed by atoms with Crippen molar-refractivity contribution in [3.05, 3.63) is 51.5 Å². The summed E-state index contributed by atoms with van der Waals surface area (Å²) in [5, 5.41) is 13.0. The van der Waals surface area contributed by atoms with Gasteiger partial charge in [-0.15, -0.1) is 0 Å². The second-order valence-corrected chi connectivity index (χ2v) is 8.33. The summed E-state index contributed by atoms with van der Waals surface area (Å²) in [5.74, 6) is -4.74. The van der Waals surface area contributed by atoms with Gasteiger partial charge in [0, 0.05) is 30.8 Å². The topological polar surface area (TPSA) is 119 Å². The highest BCUT2D eigenvalue weighted by molar-refractivity contribution is 5.94. The molecule has 32 heavy (non-hydrogen) atoms. The second-order valence-electron chi connectivity index (χ2n) is 8.33. The Kier molecular flexibility index (Phi) is 6.17. The molecule has 3 aliphatic rings. The average Bonchev–Trinajstić information content (AvgIpc) is 2.72. The fourth-order valence-corrected chi connectivity index (χ4v) is 4.18. The summed E-state index contributed by atoms with van der Waals surface area (Å²) in [4.78, 5) is 27.2. The van der Waals surface area contributed by atoms with E-state index >= 15 is 0 Å². The number of halogens is 2. The lowest BCUT2D eigenvalue weighted by Crippen LogP contribution is -2.67. The van der Waals surface area contributed by atoms with E-state index in [2.05, 4.69) is 5.32 Å². The van der Waals surface area contributed by atoms with Gasteiger partial charge in [-0.25, -0.2) is 13.7 Å². The zero-order valence-corrected chi connectivity index (χ0v) is 17.6. The van der Waals surface area contributed by atoms with Crippen LogP contribution >= 0.6 is 0 Å². The summed E-state index contributed by atoms with van der Waals surface area (Å²) < 4.78 is 40.0. The monoisotopic (exact) mass is 452 g/mol. The van der Waals surface area contributed by atoms with Crippen LogP contribution in [0, 0.1) is 5.92 Å². The number of aromatic nitrogens is 1. The molecule has 3 heterocycles. The average molecular weight is 452 g/mol. The molecule has 1 aliphatic carbocycles. The van der Waals surface area contributed by atoms with Crippen LogP contribution in [0.25, 0.3) is 0 Å². The first-order valence-electron chi connectivity index (χ1n) is 10.4. The van der Waals surface area contributed by atoms with E-state index in [1.807, 2.05) is 11.8 Å². The molecule has 4 rings (SSSR count). The van der Waals surface area contributed by atoms with Crippen molar-refractivity contribution in [2.24, 2.45) is 11.7 Å². The molecule has 1 aromatic heterocycles. The highest BCUT2D eigenvalue weighted by Crippen LogP contribution is 2.29. The van der Waals surface area contributed by atoms with E-state index in [-0.39, 0.29) is 50.1 Å². The number of fused-ring (bicyclic) bond motifs is 2. The third kappa shape index (κ3) is 4.20. The quantitative estimate of drug-likeness (QED) is 0.631. The summed E-state index contributed by atoms with van der Waals surface area (Å²) in [7, 11) is 0. The minimum absolute atomic E-state index is 0.0498. The number of amides is 1. The van der Waals surface area contributed by atoms with Crippen LogP contribution in [0.15, 0.2) is 34.8 Å². The van der Waals surface area contributed by atoms with Gasteiger partial charge in [0.2, 0.25) is 5.43 Å². The molecule has 9 nitrogen and oxygen atoms in total. The second kappa shape index (κ2) is 8.74. The van der Waals surface area contributed by atoms with Crippen LogP contribution in [-0.2, 0) is 22.6 Å². The molecule has 1 amide bonds. The lowest BCUT2D eigenvalue weighted by Gasteiger charge is -2.48. The van der Waals surface area contributed by atoms with Gasteiger partial charge in [0.15, 0.2) is 11.6 Å². The first-order chi connectivity index (χ1) is 15.2. The molecule has 0 saturated carbocycles. The van der Waals surface area contributed by atoms with Crippen LogP contribution in [0.3, 0.4) is 0 Å². The van der Waals surface area contributed by atoms with Crippen LogP contribution < -0.4 is 16.5 Å². The molecule has 2 aliphatic heterocycles. The van der Waals surface area contributed by atoms with E-state index in [9.17, 15) is 23.5 Å². The third-order valence-corrected chi connectivity index (χ3v) is 6.15. The maximum atomic E-state index is 13.9. The van der Waals surface area contributed by atoms with Gasteiger partial charge in [-0.2, -0.15) is 0 Å². The van der Waals surface area contributed by atoms with E-state index < -0.39 is 40.5 Å². The molecule has 0 bridgehead atoms. The Morgan fingerprint density at radius 3 is 2.97 bits per heavy atom. The fourth-order valence-electron chi connectivity index (χ4n) is 4.18.